The van der Waals surface area contributed by atoms with Gasteiger partial charge in [0.25, 0.3) is 5.91 Å². The zero-order chi connectivity index (χ0) is 15.5. The van der Waals surface area contributed by atoms with E-state index in [0.717, 1.165) is 44.2 Å². The van der Waals surface area contributed by atoms with E-state index in [1.807, 2.05) is 0 Å². The number of carbonyl (C=O) groups excluding carboxylic acids is 1. The Labute approximate surface area is 129 Å². The number of carboxylic acids is 1. The fourth-order valence-electron chi connectivity index (χ4n) is 3.16. The Morgan fingerprint density at radius 3 is 2.55 bits per heavy atom. The lowest BCUT2D eigenvalue weighted by molar-refractivity contribution is -0.143. The summed E-state index contributed by atoms with van der Waals surface area (Å²) in [5.74, 6) is -1.08. The molecule has 22 heavy (non-hydrogen) atoms. The average molecular weight is 306 g/mol. The Hall–Kier alpha value is -1.85. The van der Waals surface area contributed by atoms with Crippen LogP contribution in [-0.4, -0.2) is 28.2 Å². The molecule has 1 aromatic heterocycles. The van der Waals surface area contributed by atoms with Crippen molar-refractivity contribution in [2.75, 3.05) is 0 Å². The largest absolute Gasteiger partial charge is 0.481 e. The van der Waals surface area contributed by atoms with Crippen LogP contribution in [0.1, 0.15) is 73.5 Å². The van der Waals surface area contributed by atoms with E-state index >= 15 is 0 Å². The van der Waals surface area contributed by atoms with Crippen molar-refractivity contribution >= 4 is 11.9 Å². The van der Waals surface area contributed by atoms with E-state index in [2.05, 4.69) is 10.5 Å². The first-order valence-corrected chi connectivity index (χ1v) is 8.15. The summed E-state index contributed by atoms with van der Waals surface area (Å²) >= 11 is 0. The molecule has 1 amide bonds. The fourth-order valence-corrected chi connectivity index (χ4v) is 3.16. The molecule has 0 radical (unpaired) electrons. The second kappa shape index (κ2) is 6.50. The van der Waals surface area contributed by atoms with Gasteiger partial charge in [-0.25, -0.2) is 0 Å². The molecule has 0 spiro atoms. The lowest BCUT2D eigenvalue weighted by Gasteiger charge is -2.26. The van der Waals surface area contributed by atoms with Crippen molar-refractivity contribution in [3.8, 4) is 0 Å². The molecular formula is C16H22N2O4. The van der Waals surface area contributed by atoms with Gasteiger partial charge in [0, 0.05) is 18.0 Å². The van der Waals surface area contributed by atoms with E-state index in [1.165, 1.54) is 0 Å². The van der Waals surface area contributed by atoms with Crippen LogP contribution in [0.3, 0.4) is 0 Å². The monoisotopic (exact) mass is 306 g/mol. The number of carbonyl (C=O) groups is 2. The van der Waals surface area contributed by atoms with E-state index in [-0.39, 0.29) is 17.7 Å². The van der Waals surface area contributed by atoms with E-state index < -0.39 is 11.9 Å². The van der Waals surface area contributed by atoms with Gasteiger partial charge in [0.1, 0.15) is 0 Å². The summed E-state index contributed by atoms with van der Waals surface area (Å²) in [5, 5.41) is 16.2. The van der Waals surface area contributed by atoms with Crippen LogP contribution in [0.4, 0.5) is 0 Å². The quantitative estimate of drug-likeness (QED) is 0.892. The number of aromatic nitrogens is 1. The molecule has 1 aromatic rings. The predicted molar refractivity (Wildman–Crippen MR) is 78.6 cm³/mol. The van der Waals surface area contributed by atoms with Crippen molar-refractivity contribution in [1.29, 1.82) is 0 Å². The number of hydrogen-bond donors (Lipinski definition) is 2. The molecule has 3 rings (SSSR count). The molecule has 2 unspecified atom stereocenters. The van der Waals surface area contributed by atoms with Crippen molar-refractivity contribution in [3.05, 3.63) is 17.5 Å². The van der Waals surface area contributed by atoms with Crippen LogP contribution in [-0.2, 0) is 4.79 Å². The summed E-state index contributed by atoms with van der Waals surface area (Å²) in [4.78, 5) is 23.8. The van der Waals surface area contributed by atoms with Crippen LogP contribution in [0.15, 0.2) is 10.6 Å². The molecule has 1 heterocycles. The first-order chi connectivity index (χ1) is 10.6. The van der Waals surface area contributed by atoms with Gasteiger partial charge in [-0.05, 0) is 25.7 Å². The molecule has 6 heteroatoms. The van der Waals surface area contributed by atoms with E-state index in [9.17, 15) is 14.7 Å². The summed E-state index contributed by atoms with van der Waals surface area (Å²) in [5.41, 5.74) is 0.831. The predicted octanol–water partition coefficient (Wildman–Crippen LogP) is 2.71. The summed E-state index contributed by atoms with van der Waals surface area (Å²) < 4.78 is 5.11. The highest BCUT2D eigenvalue weighted by molar-refractivity contribution is 5.92. The minimum absolute atomic E-state index is 0.188. The maximum Gasteiger partial charge on any atom is 0.308 e. The maximum absolute atomic E-state index is 12.3. The minimum atomic E-state index is -0.830. The van der Waals surface area contributed by atoms with Gasteiger partial charge in [0.05, 0.1) is 11.6 Å². The number of aliphatic carboxylic acids is 1. The Morgan fingerprint density at radius 2 is 1.86 bits per heavy atom. The molecular weight excluding hydrogens is 284 g/mol. The van der Waals surface area contributed by atoms with Crippen molar-refractivity contribution in [2.45, 2.75) is 63.3 Å². The zero-order valence-electron chi connectivity index (χ0n) is 12.6. The third-order valence-corrected chi connectivity index (χ3v) is 4.65. The number of carboxylic acid groups (broad SMARTS) is 1. The third-order valence-electron chi connectivity index (χ3n) is 4.65. The van der Waals surface area contributed by atoms with Gasteiger partial charge in [-0.1, -0.05) is 30.8 Å². The standard InChI is InChI=1S/C16H22N2O4/c19-15(14-9-13(18-22-14)10-7-8-10)17-12-6-4-2-1-3-5-11(12)16(20)21/h9-12H,1-8H2,(H,17,19)(H,20,21). The molecule has 0 aromatic carbocycles. The lowest BCUT2D eigenvalue weighted by Crippen LogP contribution is -2.43. The second-order valence-electron chi connectivity index (χ2n) is 6.41. The molecule has 0 bridgehead atoms. The average Bonchev–Trinajstić information content (AvgIpc) is 3.19. The molecule has 2 N–H and O–H groups in total. The fraction of sp³-hybridized carbons (Fsp3) is 0.688. The van der Waals surface area contributed by atoms with Crippen molar-refractivity contribution in [3.63, 3.8) is 0 Å². The number of nitrogens with zero attached hydrogens (tertiary/aromatic N) is 1. The topological polar surface area (TPSA) is 92.4 Å². The molecule has 0 aliphatic heterocycles. The molecule has 2 atom stereocenters. The number of nitrogens with one attached hydrogen (secondary N) is 1. The summed E-state index contributed by atoms with van der Waals surface area (Å²) in [6.07, 6.45) is 7.50. The highest BCUT2D eigenvalue weighted by Crippen LogP contribution is 2.39. The van der Waals surface area contributed by atoms with Crippen LogP contribution in [0.25, 0.3) is 0 Å². The summed E-state index contributed by atoms with van der Waals surface area (Å²) in [6.45, 7) is 0. The van der Waals surface area contributed by atoms with Gasteiger partial charge in [0.2, 0.25) is 5.76 Å². The maximum atomic E-state index is 12.3. The molecule has 0 saturated heterocycles. The lowest BCUT2D eigenvalue weighted by atomic mass is 9.86. The summed E-state index contributed by atoms with van der Waals surface area (Å²) in [6, 6.07) is 1.35. The molecule has 2 fully saturated rings. The number of amides is 1. The SMILES string of the molecule is O=C(NC1CCCCCCC1C(=O)O)c1cc(C2CC2)no1. The Bertz CT molecular complexity index is 550. The molecule has 2 aliphatic rings. The smallest absolute Gasteiger partial charge is 0.308 e. The first kappa shape index (κ1) is 15.1. The molecule has 2 aliphatic carbocycles. The van der Waals surface area contributed by atoms with E-state index in [0.29, 0.717) is 18.8 Å². The van der Waals surface area contributed by atoms with E-state index in [4.69, 9.17) is 4.52 Å². The van der Waals surface area contributed by atoms with Crippen LogP contribution in [0.2, 0.25) is 0 Å². The summed E-state index contributed by atoms with van der Waals surface area (Å²) in [7, 11) is 0. The van der Waals surface area contributed by atoms with Crippen LogP contribution in [0.5, 0.6) is 0 Å². The Balaban J connectivity index is 1.66. The normalized spacial score (nSPS) is 26.0. The van der Waals surface area contributed by atoms with Gasteiger partial charge in [-0.15, -0.1) is 0 Å². The zero-order valence-corrected chi connectivity index (χ0v) is 12.6. The molecule has 120 valence electrons. The highest BCUT2D eigenvalue weighted by atomic mass is 16.5. The molecule has 2 saturated carbocycles. The van der Waals surface area contributed by atoms with Crippen molar-refractivity contribution < 1.29 is 19.2 Å². The van der Waals surface area contributed by atoms with Gasteiger partial charge >= 0.3 is 5.97 Å². The van der Waals surface area contributed by atoms with Crippen LogP contribution in [0, 0.1) is 5.92 Å². The Kier molecular flexibility index (Phi) is 4.45. The first-order valence-electron chi connectivity index (χ1n) is 8.15. The van der Waals surface area contributed by atoms with Gasteiger partial charge in [0.15, 0.2) is 0 Å². The highest BCUT2D eigenvalue weighted by Gasteiger charge is 2.32. The van der Waals surface area contributed by atoms with Crippen LogP contribution >= 0.6 is 0 Å². The van der Waals surface area contributed by atoms with Gasteiger partial charge in [-0.2, -0.15) is 0 Å². The van der Waals surface area contributed by atoms with Crippen LogP contribution < -0.4 is 5.32 Å². The van der Waals surface area contributed by atoms with Crippen molar-refractivity contribution in [2.24, 2.45) is 5.92 Å². The molecule has 6 nitrogen and oxygen atoms in total. The Morgan fingerprint density at radius 1 is 1.14 bits per heavy atom. The van der Waals surface area contributed by atoms with E-state index in [1.54, 1.807) is 6.07 Å². The number of rotatable bonds is 4. The van der Waals surface area contributed by atoms with Crippen molar-refractivity contribution in [1.82, 2.24) is 10.5 Å². The number of hydrogen-bond acceptors (Lipinski definition) is 4. The third kappa shape index (κ3) is 3.48. The van der Waals surface area contributed by atoms with Gasteiger partial charge < -0.3 is 14.9 Å². The van der Waals surface area contributed by atoms with Gasteiger partial charge in [-0.3, -0.25) is 9.59 Å². The minimum Gasteiger partial charge on any atom is -0.481 e. The second-order valence-corrected chi connectivity index (χ2v) is 6.41.